The van der Waals surface area contributed by atoms with E-state index in [0.29, 0.717) is 23.9 Å². The van der Waals surface area contributed by atoms with Gasteiger partial charge in [0.05, 0.1) is 11.6 Å². The molecule has 1 aromatic carbocycles. The Bertz CT molecular complexity index is 746. The lowest BCUT2D eigenvalue weighted by atomic mass is 10.2. The SMILES string of the molecule is CCn1cc(S(=O)(=O)N2CCc3ccccc32)cc1CCl. The fraction of sp³-hybridized carbons (Fsp3) is 0.333. The van der Waals surface area contributed by atoms with Gasteiger partial charge in [0.1, 0.15) is 4.90 Å². The van der Waals surface area contributed by atoms with Gasteiger partial charge in [-0.15, -0.1) is 11.6 Å². The van der Waals surface area contributed by atoms with Crippen LogP contribution in [0.5, 0.6) is 0 Å². The van der Waals surface area contributed by atoms with Gasteiger partial charge < -0.3 is 4.57 Å². The van der Waals surface area contributed by atoms with Crippen LogP contribution >= 0.6 is 11.6 Å². The second-order valence-electron chi connectivity index (χ2n) is 5.04. The second-order valence-corrected chi connectivity index (χ2v) is 7.17. The topological polar surface area (TPSA) is 42.3 Å². The summed E-state index contributed by atoms with van der Waals surface area (Å²) in [5.74, 6) is 0.306. The van der Waals surface area contributed by atoms with E-state index < -0.39 is 10.0 Å². The Labute approximate surface area is 130 Å². The van der Waals surface area contributed by atoms with Crippen LogP contribution in [0.15, 0.2) is 41.4 Å². The number of hydrogen-bond donors (Lipinski definition) is 0. The van der Waals surface area contributed by atoms with Crippen molar-refractivity contribution in [2.24, 2.45) is 0 Å². The van der Waals surface area contributed by atoms with Crippen LogP contribution in [0.1, 0.15) is 18.2 Å². The second kappa shape index (κ2) is 5.39. The van der Waals surface area contributed by atoms with E-state index in [1.807, 2.05) is 35.8 Å². The predicted molar refractivity (Wildman–Crippen MR) is 84.3 cm³/mol. The van der Waals surface area contributed by atoms with Crippen molar-refractivity contribution in [1.82, 2.24) is 4.57 Å². The van der Waals surface area contributed by atoms with Crippen LogP contribution in [0.2, 0.25) is 0 Å². The molecule has 0 fully saturated rings. The summed E-state index contributed by atoms with van der Waals surface area (Å²) in [5.41, 5.74) is 2.69. The molecule has 112 valence electrons. The first-order valence-corrected chi connectivity index (χ1v) is 8.91. The maximum atomic E-state index is 12.9. The number of sulfonamides is 1. The monoisotopic (exact) mass is 324 g/mol. The quantitative estimate of drug-likeness (QED) is 0.811. The number of fused-ring (bicyclic) bond motifs is 1. The molecule has 2 heterocycles. The fourth-order valence-electron chi connectivity index (χ4n) is 2.76. The van der Waals surface area contributed by atoms with Crippen molar-refractivity contribution in [2.45, 2.75) is 30.7 Å². The van der Waals surface area contributed by atoms with Crippen LogP contribution in [-0.2, 0) is 28.9 Å². The number of benzene rings is 1. The third kappa shape index (κ3) is 2.34. The molecule has 0 spiro atoms. The summed E-state index contributed by atoms with van der Waals surface area (Å²) in [7, 11) is -3.52. The number of alkyl halides is 1. The number of hydrogen-bond acceptors (Lipinski definition) is 2. The van der Waals surface area contributed by atoms with Crippen molar-refractivity contribution in [3.8, 4) is 0 Å². The van der Waals surface area contributed by atoms with Crippen molar-refractivity contribution in [3.63, 3.8) is 0 Å². The molecule has 0 N–H and O–H groups in total. The van der Waals surface area contributed by atoms with Gasteiger partial charge in [0, 0.05) is 25.0 Å². The lowest BCUT2D eigenvalue weighted by Gasteiger charge is -2.18. The van der Waals surface area contributed by atoms with E-state index in [-0.39, 0.29) is 0 Å². The molecule has 0 aliphatic carbocycles. The van der Waals surface area contributed by atoms with Crippen molar-refractivity contribution in [1.29, 1.82) is 0 Å². The highest BCUT2D eigenvalue weighted by atomic mass is 35.5. The van der Waals surface area contributed by atoms with Crippen LogP contribution in [-0.4, -0.2) is 19.5 Å². The van der Waals surface area contributed by atoms with E-state index in [4.69, 9.17) is 11.6 Å². The first-order chi connectivity index (χ1) is 10.1. The van der Waals surface area contributed by atoms with E-state index in [1.165, 1.54) is 4.31 Å². The highest BCUT2D eigenvalue weighted by Gasteiger charge is 2.31. The standard InChI is InChI=1S/C15H17ClN2O2S/c1-2-17-11-14(9-13(17)10-16)21(19,20)18-8-7-12-5-3-4-6-15(12)18/h3-6,9,11H,2,7-8,10H2,1H3. The van der Waals surface area contributed by atoms with Gasteiger partial charge in [-0.3, -0.25) is 4.31 Å². The van der Waals surface area contributed by atoms with Crippen molar-refractivity contribution in [2.75, 3.05) is 10.8 Å². The molecule has 6 heteroatoms. The Morgan fingerprint density at radius 2 is 2.05 bits per heavy atom. The molecule has 0 atom stereocenters. The van der Waals surface area contributed by atoms with Gasteiger partial charge >= 0.3 is 0 Å². The van der Waals surface area contributed by atoms with Crippen LogP contribution in [0.25, 0.3) is 0 Å². The molecular formula is C15H17ClN2O2S. The summed E-state index contributed by atoms with van der Waals surface area (Å²) in [5, 5.41) is 0. The van der Waals surface area contributed by atoms with Gasteiger partial charge in [-0.1, -0.05) is 18.2 Å². The third-order valence-electron chi connectivity index (χ3n) is 3.87. The molecule has 2 aromatic rings. The van der Waals surface area contributed by atoms with Crippen LogP contribution in [0, 0.1) is 0 Å². The Hall–Kier alpha value is -1.46. The lowest BCUT2D eigenvalue weighted by molar-refractivity contribution is 0.592. The molecular weight excluding hydrogens is 308 g/mol. The summed E-state index contributed by atoms with van der Waals surface area (Å²) in [6, 6.07) is 9.32. The molecule has 0 saturated carbocycles. The number of aromatic nitrogens is 1. The largest absolute Gasteiger partial charge is 0.349 e. The number of anilines is 1. The van der Waals surface area contributed by atoms with E-state index in [9.17, 15) is 8.42 Å². The molecule has 1 aliphatic rings. The molecule has 0 saturated heterocycles. The Morgan fingerprint density at radius 3 is 2.71 bits per heavy atom. The Balaban J connectivity index is 2.04. The molecule has 0 unspecified atom stereocenters. The number of aryl methyl sites for hydroxylation is 1. The highest BCUT2D eigenvalue weighted by Crippen LogP contribution is 2.33. The maximum absolute atomic E-state index is 12.9. The molecule has 0 bridgehead atoms. The fourth-order valence-corrected chi connectivity index (χ4v) is 4.56. The molecule has 3 rings (SSSR count). The van der Waals surface area contributed by atoms with E-state index in [2.05, 4.69) is 0 Å². The van der Waals surface area contributed by atoms with E-state index in [1.54, 1.807) is 12.3 Å². The Kier molecular flexibility index (Phi) is 3.71. The molecule has 0 radical (unpaired) electrons. The summed E-state index contributed by atoms with van der Waals surface area (Å²) in [4.78, 5) is 0.316. The summed E-state index contributed by atoms with van der Waals surface area (Å²) < 4.78 is 29.1. The average Bonchev–Trinajstić information content (AvgIpc) is 3.11. The summed E-state index contributed by atoms with van der Waals surface area (Å²) >= 11 is 5.89. The van der Waals surface area contributed by atoms with Gasteiger partial charge in [-0.25, -0.2) is 8.42 Å². The molecule has 0 amide bonds. The van der Waals surface area contributed by atoms with Gasteiger partial charge in [-0.05, 0) is 31.0 Å². The minimum absolute atomic E-state index is 0.306. The zero-order chi connectivity index (χ0) is 15.0. The maximum Gasteiger partial charge on any atom is 0.265 e. The summed E-state index contributed by atoms with van der Waals surface area (Å²) in [6.07, 6.45) is 2.43. The van der Waals surface area contributed by atoms with Gasteiger partial charge in [0.15, 0.2) is 0 Å². The van der Waals surface area contributed by atoms with Crippen LogP contribution in [0.4, 0.5) is 5.69 Å². The van der Waals surface area contributed by atoms with Crippen molar-refractivity contribution < 1.29 is 8.42 Å². The normalized spacial score (nSPS) is 14.5. The molecule has 1 aliphatic heterocycles. The average molecular weight is 325 g/mol. The molecule has 21 heavy (non-hydrogen) atoms. The van der Waals surface area contributed by atoms with Crippen LogP contribution in [0.3, 0.4) is 0 Å². The molecule has 4 nitrogen and oxygen atoms in total. The minimum atomic E-state index is -3.52. The summed E-state index contributed by atoms with van der Waals surface area (Å²) in [6.45, 7) is 3.17. The Morgan fingerprint density at radius 1 is 1.29 bits per heavy atom. The number of nitrogens with zero attached hydrogens (tertiary/aromatic N) is 2. The number of para-hydroxylation sites is 1. The number of halogens is 1. The van der Waals surface area contributed by atoms with Gasteiger partial charge in [-0.2, -0.15) is 0 Å². The zero-order valence-corrected chi connectivity index (χ0v) is 13.4. The van der Waals surface area contributed by atoms with Gasteiger partial charge in [0.25, 0.3) is 10.0 Å². The van der Waals surface area contributed by atoms with Gasteiger partial charge in [0.2, 0.25) is 0 Å². The first kappa shape index (κ1) is 14.5. The van der Waals surface area contributed by atoms with Crippen molar-refractivity contribution >= 4 is 27.3 Å². The predicted octanol–water partition coefficient (Wildman–Crippen LogP) is 3.00. The van der Waals surface area contributed by atoms with E-state index >= 15 is 0 Å². The zero-order valence-electron chi connectivity index (χ0n) is 11.8. The minimum Gasteiger partial charge on any atom is -0.349 e. The van der Waals surface area contributed by atoms with Crippen LogP contribution < -0.4 is 4.31 Å². The first-order valence-electron chi connectivity index (χ1n) is 6.93. The molecule has 1 aromatic heterocycles. The highest BCUT2D eigenvalue weighted by molar-refractivity contribution is 7.92. The van der Waals surface area contributed by atoms with E-state index in [0.717, 1.165) is 23.4 Å². The number of rotatable bonds is 4. The smallest absolute Gasteiger partial charge is 0.265 e. The third-order valence-corrected chi connectivity index (χ3v) is 5.92. The van der Waals surface area contributed by atoms with Crippen molar-refractivity contribution in [3.05, 3.63) is 47.8 Å². The lowest BCUT2D eigenvalue weighted by Crippen LogP contribution is -2.28.